The van der Waals surface area contributed by atoms with Crippen molar-refractivity contribution in [2.45, 2.75) is 299 Å². The number of ether oxygens (including phenoxy) is 2. The smallest absolute Gasteiger partial charge is 0.408 e. The zero-order valence-electron chi connectivity index (χ0n) is 88.6. The number of anilines is 2. The minimum atomic E-state index is -0.858. The number of ketones is 8. The Morgan fingerprint density at radius 1 is 0.347 bits per heavy atom. The number of nitrogens with zero attached hydrogens (tertiary/aromatic N) is 8. The molecule has 4 fully saturated rings. The number of rotatable bonds is 54. The van der Waals surface area contributed by atoms with Gasteiger partial charge in [-0.3, -0.25) is 77.5 Å². The van der Waals surface area contributed by atoms with E-state index in [1.54, 1.807) is 139 Å². The molecule has 44 heteroatoms. The van der Waals surface area contributed by atoms with Gasteiger partial charge >= 0.3 is 24.2 Å². The molecule has 0 saturated carbocycles. The molecule has 40 nitrogen and oxygen atoms in total. The van der Waals surface area contributed by atoms with E-state index in [1.807, 2.05) is 55.4 Å². The molecule has 0 radical (unpaired) electrons. The van der Waals surface area contributed by atoms with Crippen LogP contribution in [-0.4, -0.2) is 238 Å². The molecule has 4 aromatic carbocycles. The topological polar surface area (TPSA) is 634 Å². The van der Waals surface area contributed by atoms with Crippen molar-refractivity contribution in [2.75, 3.05) is 63.0 Å². The van der Waals surface area contributed by atoms with E-state index in [4.69, 9.17) is 102 Å². The summed E-state index contributed by atoms with van der Waals surface area (Å²) in [5, 5.41) is 18.1. The molecule has 0 aromatic heterocycles. The lowest BCUT2D eigenvalue weighted by Crippen LogP contribution is -2.54. The highest BCUT2D eigenvalue weighted by Crippen LogP contribution is 2.33. The maximum atomic E-state index is 13.5. The van der Waals surface area contributed by atoms with Crippen LogP contribution in [0.25, 0.3) is 0 Å². The number of amides is 10. The quantitative estimate of drug-likeness (QED) is 0.0111. The Hall–Kier alpha value is -12.6. The largest absolute Gasteiger partial charge is 0.445 e. The van der Waals surface area contributed by atoms with Gasteiger partial charge in [0.2, 0.25) is 23.6 Å². The summed E-state index contributed by atoms with van der Waals surface area (Å²) in [7, 11) is 0. The Labute approximate surface area is 900 Å². The van der Waals surface area contributed by atoms with Crippen LogP contribution in [-0.2, 0) is 80.2 Å². The van der Waals surface area contributed by atoms with Crippen molar-refractivity contribution >= 4 is 176 Å². The summed E-state index contributed by atoms with van der Waals surface area (Å²) in [6.45, 7) is 24.9. The van der Waals surface area contributed by atoms with Crippen molar-refractivity contribution in [1.82, 2.24) is 40.9 Å². The van der Waals surface area contributed by atoms with Crippen LogP contribution in [0.15, 0.2) is 117 Å². The molecule has 0 aliphatic carbocycles. The highest BCUT2D eigenvalue weighted by atomic mass is 35.5. The molecule has 8 rings (SSSR count). The molecule has 4 saturated heterocycles. The second kappa shape index (κ2) is 66.9. The standard InChI is InChI=1S/2C27H40ClN5O5.2C26H39ClN6O4/c1-4-22(34)19(9-6-12-31-26(29)30)15-23(35)21-11-7-13-33(21)25(36)24(17(2)3)32-27(37)38-16-18-8-5-10-20(28)14-18;1-4-22(34)19(7-5-13-31-26(29)30)15-23(35)21-8-6-14-33(21)25(36)24(17(2)3)32-27(37)38-16-18-9-11-20(28)12-10-18;1-4-21(34)17(8-6-12-30-25(28)29)14-22(35)20-11-7-13-33(20)24(36)23(16(2)3)32-26(37)31-19-10-5-9-18(27)15-19;1-4-21(34)17(9-7-13-30-25(28)29)15-22(35)20-12-8-14-33(20)24(36)23(16(2)3)32-26(37)31-19-11-6-5-10-18(19)27/h5,8,10,14,17,19,21,24H,4,6-7,9,11-13,15-16H2,1-3H3,(H,32,37)(H4,29,30,31);9-12,17,19,21,24H,4-8,13-16H2,1-3H3,(H,32,37)(H4,29,30,31);5,9-10,15-17,20,23H,4,6-8,11-14H2,1-3H3,(H4,28,29,30)(H2,31,32,37);5-6,10-11,16-17,20,23H,4,7-9,12-15H2,1-3H3,(H4,28,29,30)(H2,31,32,37)/t2*19-,21+,24+;17-,20-,23-;17-,20+,23+/m1101/s1. The molecule has 22 N–H and O–H groups in total. The van der Waals surface area contributed by atoms with Crippen molar-refractivity contribution in [3.8, 4) is 0 Å². The van der Waals surface area contributed by atoms with Crippen LogP contribution in [0.2, 0.25) is 20.1 Å². The second-order valence-corrected chi connectivity index (χ2v) is 40.8. The summed E-state index contributed by atoms with van der Waals surface area (Å²) in [4.78, 5) is 229. The maximum Gasteiger partial charge on any atom is 0.408 e. The number of aliphatic imine (C=N–C) groups is 4. The number of guanidine groups is 4. The molecule has 0 bridgehead atoms. The van der Waals surface area contributed by atoms with Gasteiger partial charge in [-0.2, -0.15) is 0 Å². The fraction of sp³-hybridized carbons (Fsp3) is 0.585. The number of likely N-dealkylation sites (tertiary alicyclic amines) is 4. The van der Waals surface area contributed by atoms with Crippen LogP contribution >= 0.6 is 46.4 Å². The molecule has 150 heavy (non-hydrogen) atoms. The van der Waals surface area contributed by atoms with Crippen molar-refractivity contribution in [3.05, 3.63) is 128 Å². The minimum absolute atomic E-state index is 0.00287. The van der Waals surface area contributed by atoms with Gasteiger partial charge < -0.3 is 107 Å². The van der Waals surface area contributed by atoms with E-state index < -0.39 is 96.3 Å². The third-order valence-corrected chi connectivity index (χ3v) is 27.3. The average molecular weight is 2170 g/mol. The zero-order chi connectivity index (χ0) is 112. The van der Waals surface area contributed by atoms with Gasteiger partial charge in [0.05, 0.1) is 34.9 Å². The summed E-state index contributed by atoms with van der Waals surface area (Å²) < 4.78 is 10.6. The lowest BCUT2D eigenvalue weighted by atomic mass is 9.89. The van der Waals surface area contributed by atoms with Crippen LogP contribution in [0.4, 0.5) is 30.6 Å². The van der Waals surface area contributed by atoms with Gasteiger partial charge in [-0.1, -0.05) is 172 Å². The maximum absolute atomic E-state index is 13.5. The Morgan fingerprint density at radius 3 is 0.933 bits per heavy atom. The first-order valence-electron chi connectivity index (χ1n) is 51.8. The summed E-state index contributed by atoms with van der Waals surface area (Å²) in [6, 6.07) is 20.4. The molecule has 0 unspecified atom stereocenters. The first kappa shape index (κ1) is 128. The monoisotopic (exact) mass is 2170 g/mol. The lowest BCUT2D eigenvalue weighted by molar-refractivity contribution is -0.141. The summed E-state index contributed by atoms with van der Waals surface area (Å²) in [5.74, 6) is -4.52. The number of benzene rings is 4. The molecular weight excluding hydrogens is 2010 g/mol. The SMILES string of the molecule is CCC(=O)[C@@H](CCCN=C(N)N)CC(=O)[C@@H]1CCCN1C(=O)[C@@H](NC(=O)Nc1cccc(Cl)c1)C(C)C.CCC(=O)[C@H](CCCN=C(N)N)CC(=O)[C@@H]1CCCN1C(=O)[C@@H](NC(=O)Nc1ccccc1Cl)C(C)C.CCC(=O)[C@H](CCCN=C(N)N)CC(=O)[C@@H]1CCCN1C(=O)[C@@H](NC(=O)OCc1ccc(Cl)cc1)C(C)C.CCC(=O)[C@H](CCCN=C(N)N)CC(=O)[C@@H]1CCCN1C(=O)[C@@H](NC(=O)OCc1cccc(Cl)c1)C(C)C. The number of carbonyl (C=O) groups excluding carboxylic acids is 16. The normalized spacial score (nSPS) is 16.6. The van der Waals surface area contributed by atoms with Gasteiger partial charge in [0.25, 0.3) is 0 Å². The first-order valence-corrected chi connectivity index (χ1v) is 53.3. The van der Waals surface area contributed by atoms with Crippen LogP contribution < -0.4 is 77.8 Å². The highest BCUT2D eigenvalue weighted by molar-refractivity contribution is 6.34. The molecule has 4 aliphatic rings. The van der Waals surface area contributed by atoms with Gasteiger partial charge in [-0.05, 0) is 192 Å². The molecule has 4 aliphatic heterocycles. The van der Waals surface area contributed by atoms with E-state index >= 15 is 0 Å². The van der Waals surface area contributed by atoms with Crippen LogP contribution in [0.3, 0.4) is 0 Å². The fourth-order valence-corrected chi connectivity index (χ4v) is 18.9. The number of Topliss-reactive ketones (excluding diaryl/α,β-unsaturated/α-hetero) is 8. The predicted octanol–water partition coefficient (Wildman–Crippen LogP) is 12.6. The summed E-state index contributed by atoms with van der Waals surface area (Å²) in [6.07, 6.45) is 9.20. The number of hydrogen-bond donors (Lipinski definition) is 14. The van der Waals surface area contributed by atoms with Crippen molar-refractivity contribution in [3.63, 3.8) is 0 Å². The van der Waals surface area contributed by atoms with Crippen LogP contribution in [0, 0.1) is 47.3 Å². The van der Waals surface area contributed by atoms with Crippen molar-refractivity contribution in [1.29, 1.82) is 0 Å². The number of halogens is 4. The number of urea groups is 2. The van der Waals surface area contributed by atoms with Crippen molar-refractivity contribution in [2.24, 2.45) is 113 Å². The number of para-hydroxylation sites is 1. The number of alkyl carbamates (subject to hydrolysis) is 2. The number of hydrogen-bond acceptors (Lipinski definition) is 22. The van der Waals surface area contributed by atoms with E-state index in [0.717, 1.165) is 11.1 Å². The third kappa shape index (κ3) is 44.5. The van der Waals surface area contributed by atoms with E-state index in [0.29, 0.717) is 212 Å². The van der Waals surface area contributed by atoms with Gasteiger partial charge in [-0.15, -0.1) is 0 Å². The predicted molar refractivity (Wildman–Crippen MR) is 583 cm³/mol. The summed E-state index contributed by atoms with van der Waals surface area (Å²) in [5.41, 5.74) is 45.3. The lowest BCUT2D eigenvalue weighted by Gasteiger charge is -2.31. The molecule has 0 spiro atoms. The minimum Gasteiger partial charge on any atom is -0.445 e. The Balaban J connectivity index is 0.000000351. The van der Waals surface area contributed by atoms with E-state index in [-0.39, 0.29) is 156 Å². The molecule has 4 aromatic rings. The Bertz CT molecular complexity index is 5260. The third-order valence-electron chi connectivity index (χ3n) is 26.3. The van der Waals surface area contributed by atoms with Gasteiger partial charge in [-0.25, -0.2) is 19.2 Å². The molecule has 4 heterocycles. The first-order chi connectivity index (χ1) is 71.1. The van der Waals surface area contributed by atoms with Gasteiger partial charge in [0.1, 0.15) is 60.5 Å². The highest BCUT2D eigenvalue weighted by Gasteiger charge is 2.45. The number of nitrogens with two attached hydrogens (primary N) is 8. The Morgan fingerprint density at radius 2 is 0.640 bits per heavy atom. The van der Waals surface area contributed by atoms with Gasteiger partial charge in [0, 0.05) is 148 Å². The molecule has 828 valence electrons. The fourth-order valence-electron chi connectivity index (χ4n) is 18.2. The van der Waals surface area contributed by atoms with E-state index in [1.165, 1.54) is 4.90 Å². The van der Waals surface area contributed by atoms with E-state index in [2.05, 4.69) is 51.9 Å². The average Bonchev–Trinajstić information content (AvgIpc) is 1.67. The Kier molecular flexibility index (Phi) is 57.0. The molecular formula is C106H158Cl4N22O18. The number of carbonyl (C=O) groups is 16. The number of nitrogens with one attached hydrogen (secondary N) is 6. The molecule has 10 amide bonds. The molecule has 12 atom stereocenters. The van der Waals surface area contributed by atoms with Crippen molar-refractivity contribution < 1.29 is 86.2 Å². The summed E-state index contributed by atoms with van der Waals surface area (Å²) >= 11 is 24.0. The van der Waals surface area contributed by atoms with Gasteiger partial charge in [0.15, 0.2) is 47.0 Å². The zero-order valence-corrected chi connectivity index (χ0v) is 91.6. The van der Waals surface area contributed by atoms with E-state index in [9.17, 15) is 76.7 Å². The van der Waals surface area contributed by atoms with Crippen LogP contribution in [0.1, 0.15) is 248 Å². The second-order valence-electron chi connectivity index (χ2n) is 39.1. The van der Waals surface area contributed by atoms with Crippen LogP contribution in [0.5, 0.6) is 0 Å².